The maximum absolute atomic E-state index is 13.5. The second-order valence-corrected chi connectivity index (χ2v) is 9.98. The number of nitrogens with zero attached hydrogens (tertiary/aromatic N) is 3. The zero-order valence-corrected chi connectivity index (χ0v) is 19.5. The molecule has 0 aliphatic heterocycles. The largest absolute Gasteiger partial charge is 0.312 e. The average molecular weight is 479 g/mol. The van der Waals surface area contributed by atoms with Crippen LogP contribution >= 0.6 is 0 Å². The molecule has 0 atom stereocenters. The predicted octanol–water partition coefficient (Wildman–Crippen LogP) is 4.24. The zero-order valence-electron chi connectivity index (χ0n) is 18.6. The molecule has 0 bridgehead atoms. The molecular formula is C25H23FN4O3S. The lowest BCUT2D eigenvalue weighted by molar-refractivity contribution is 0.102. The van der Waals surface area contributed by atoms with E-state index in [0.717, 1.165) is 9.87 Å². The summed E-state index contributed by atoms with van der Waals surface area (Å²) in [4.78, 5) is 17.7. The number of benzene rings is 3. The highest BCUT2D eigenvalue weighted by Gasteiger charge is 2.21. The van der Waals surface area contributed by atoms with E-state index in [1.54, 1.807) is 29.1 Å². The molecular weight excluding hydrogens is 455 g/mol. The van der Waals surface area contributed by atoms with Gasteiger partial charge in [-0.2, -0.15) is 0 Å². The molecule has 34 heavy (non-hydrogen) atoms. The molecule has 0 saturated heterocycles. The summed E-state index contributed by atoms with van der Waals surface area (Å²) in [5.41, 5.74) is 2.29. The van der Waals surface area contributed by atoms with Gasteiger partial charge >= 0.3 is 0 Å². The standard InChI is InChI=1S/C25H23FN4O3S/c1-29(2)34(32,33)22-10-6-9-20(15-22)25(31)28-24-23(19-11-13-21(26)14-12-19)27-17-30(24)16-18-7-4-3-5-8-18/h3-15,17H,16H2,1-2H3,(H,28,31). The molecule has 1 aromatic heterocycles. The van der Waals surface area contributed by atoms with Gasteiger partial charge in [0.05, 0.1) is 17.8 Å². The van der Waals surface area contributed by atoms with Crippen LogP contribution in [0, 0.1) is 5.82 Å². The number of imidazole rings is 1. The monoisotopic (exact) mass is 478 g/mol. The smallest absolute Gasteiger partial charge is 0.256 e. The average Bonchev–Trinajstić information content (AvgIpc) is 3.22. The van der Waals surface area contributed by atoms with Gasteiger partial charge in [-0.05, 0) is 48.0 Å². The summed E-state index contributed by atoms with van der Waals surface area (Å²) in [6, 6.07) is 21.3. The Bertz CT molecular complexity index is 1420. The molecule has 0 saturated carbocycles. The highest BCUT2D eigenvalue weighted by Crippen LogP contribution is 2.28. The highest BCUT2D eigenvalue weighted by molar-refractivity contribution is 7.89. The molecule has 0 unspecified atom stereocenters. The Morgan fingerprint density at radius 2 is 1.71 bits per heavy atom. The van der Waals surface area contributed by atoms with Crippen molar-refractivity contribution in [3.63, 3.8) is 0 Å². The Labute approximate surface area is 197 Å². The van der Waals surface area contributed by atoms with Gasteiger partial charge in [0.25, 0.3) is 5.91 Å². The second-order valence-electron chi connectivity index (χ2n) is 7.83. The third-order valence-electron chi connectivity index (χ3n) is 5.26. The Hall–Kier alpha value is -3.82. The first-order valence-corrected chi connectivity index (χ1v) is 11.9. The van der Waals surface area contributed by atoms with Crippen LogP contribution in [0.2, 0.25) is 0 Å². The minimum Gasteiger partial charge on any atom is -0.312 e. The number of carbonyl (C=O) groups excluding carboxylic acids is 1. The van der Waals surface area contributed by atoms with Gasteiger partial charge in [0.15, 0.2) is 0 Å². The molecule has 0 spiro atoms. The number of halogens is 1. The summed E-state index contributed by atoms with van der Waals surface area (Å²) >= 11 is 0. The Morgan fingerprint density at radius 3 is 2.38 bits per heavy atom. The van der Waals surface area contributed by atoms with Gasteiger partial charge in [-0.1, -0.05) is 36.4 Å². The predicted molar refractivity (Wildman–Crippen MR) is 128 cm³/mol. The molecule has 1 N–H and O–H groups in total. The first-order chi connectivity index (χ1) is 16.3. The summed E-state index contributed by atoms with van der Waals surface area (Å²) in [7, 11) is -0.839. The zero-order chi connectivity index (χ0) is 24.3. The van der Waals surface area contributed by atoms with E-state index in [1.165, 1.54) is 44.4 Å². The van der Waals surface area contributed by atoms with Gasteiger partial charge in [-0.25, -0.2) is 22.1 Å². The molecule has 0 aliphatic carbocycles. The van der Waals surface area contributed by atoms with Crippen LogP contribution in [0.25, 0.3) is 11.3 Å². The van der Waals surface area contributed by atoms with Crippen LogP contribution in [0.15, 0.2) is 90.1 Å². The van der Waals surface area contributed by atoms with Crippen molar-refractivity contribution < 1.29 is 17.6 Å². The molecule has 0 radical (unpaired) electrons. The lowest BCUT2D eigenvalue weighted by Crippen LogP contribution is -2.23. The molecule has 1 amide bonds. The summed E-state index contributed by atoms with van der Waals surface area (Å²) in [6.45, 7) is 0.444. The van der Waals surface area contributed by atoms with Crippen molar-refractivity contribution in [2.45, 2.75) is 11.4 Å². The van der Waals surface area contributed by atoms with E-state index in [0.29, 0.717) is 23.6 Å². The molecule has 1 heterocycles. The fourth-order valence-electron chi connectivity index (χ4n) is 3.42. The fourth-order valence-corrected chi connectivity index (χ4v) is 4.37. The first-order valence-electron chi connectivity index (χ1n) is 10.4. The topological polar surface area (TPSA) is 84.3 Å². The van der Waals surface area contributed by atoms with E-state index in [9.17, 15) is 17.6 Å². The van der Waals surface area contributed by atoms with E-state index >= 15 is 0 Å². The van der Waals surface area contributed by atoms with Crippen molar-refractivity contribution in [2.75, 3.05) is 19.4 Å². The van der Waals surface area contributed by atoms with Gasteiger partial charge in [-0.15, -0.1) is 0 Å². The van der Waals surface area contributed by atoms with Gasteiger partial charge < -0.3 is 9.88 Å². The summed E-state index contributed by atoms with van der Waals surface area (Å²) in [5, 5.41) is 2.88. The Kier molecular flexibility index (Phi) is 6.58. The third kappa shape index (κ3) is 4.90. The normalized spacial score (nSPS) is 11.5. The van der Waals surface area contributed by atoms with Crippen molar-refractivity contribution in [3.05, 3.63) is 102 Å². The van der Waals surface area contributed by atoms with E-state index in [4.69, 9.17) is 0 Å². The van der Waals surface area contributed by atoms with Crippen molar-refractivity contribution in [2.24, 2.45) is 0 Å². The van der Waals surface area contributed by atoms with Crippen molar-refractivity contribution in [1.29, 1.82) is 0 Å². The number of carbonyl (C=O) groups is 1. The van der Waals surface area contributed by atoms with Crippen LogP contribution in [0.5, 0.6) is 0 Å². The van der Waals surface area contributed by atoms with Crippen LogP contribution in [0.3, 0.4) is 0 Å². The molecule has 9 heteroatoms. The Balaban J connectivity index is 1.72. The van der Waals surface area contributed by atoms with E-state index in [-0.39, 0.29) is 16.3 Å². The van der Waals surface area contributed by atoms with Gasteiger partial charge in [0.1, 0.15) is 17.3 Å². The van der Waals surface area contributed by atoms with Crippen LogP contribution in [-0.4, -0.2) is 42.3 Å². The maximum atomic E-state index is 13.5. The minimum absolute atomic E-state index is 0.0155. The van der Waals surface area contributed by atoms with Crippen molar-refractivity contribution in [3.8, 4) is 11.3 Å². The summed E-state index contributed by atoms with van der Waals surface area (Å²) < 4.78 is 41.3. The molecule has 4 aromatic rings. The second kappa shape index (κ2) is 9.58. The molecule has 7 nitrogen and oxygen atoms in total. The number of hydrogen-bond acceptors (Lipinski definition) is 4. The van der Waals surface area contributed by atoms with Gasteiger partial charge in [0.2, 0.25) is 10.0 Å². The van der Waals surface area contributed by atoms with Gasteiger partial charge in [-0.3, -0.25) is 4.79 Å². The highest BCUT2D eigenvalue weighted by atomic mass is 32.2. The quantitative estimate of drug-likeness (QED) is 0.431. The lowest BCUT2D eigenvalue weighted by Gasteiger charge is -2.14. The minimum atomic E-state index is -3.70. The third-order valence-corrected chi connectivity index (χ3v) is 7.07. The number of sulfonamides is 1. The first kappa shape index (κ1) is 23.3. The van der Waals surface area contributed by atoms with E-state index in [2.05, 4.69) is 10.3 Å². The number of rotatable bonds is 7. The van der Waals surface area contributed by atoms with Crippen LogP contribution < -0.4 is 5.32 Å². The maximum Gasteiger partial charge on any atom is 0.256 e. The number of hydrogen-bond donors (Lipinski definition) is 1. The molecule has 174 valence electrons. The molecule has 3 aromatic carbocycles. The molecule has 0 fully saturated rings. The van der Waals surface area contributed by atoms with Crippen LogP contribution in [0.4, 0.5) is 10.2 Å². The number of aromatic nitrogens is 2. The fraction of sp³-hybridized carbons (Fsp3) is 0.120. The SMILES string of the molecule is CN(C)S(=O)(=O)c1cccc(C(=O)Nc2c(-c3ccc(F)cc3)ncn2Cc2ccccc2)c1. The van der Waals surface area contributed by atoms with E-state index in [1.807, 2.05) is 30.3 Å². The molecule has 4 rings (SSSR count). The van der Waals surface area contributed by atoms with Crippen molar-refractivity contribution in [1.82, 2.24) is 13.9 Å². The van der Waals surface area contributed by atoms with Crippen molar-refractivity contribution >= 4 is 21.7 Å². The van der Waals surface area contributed by atoms with Gasteiger partial charge in [0, 0.05) is 25.2 Å². The van der Waals surface area contributed by atoms with E-state index < -0.39 is 15.9 Å². The number of nitrogens with one attached hydrogen (secondary N) is 1. The Morgan fingerprint density at radius 1 is 1.00 bits per heavy atom. The number of amides is 1. The summed E-state index contributed by atoms with van der Waals surface area (Å²) in [6.07, 6.45) is 1.61. The summed E-state index contributed by atoms with van der Waals surface area (Å²) in [5.74, 6) is -0.452. The molecule has 0 aliphatic rings. The lowest BCUT2D eigenvalue weighted by atomic mass is 10.1. The van der Waals surface area contributed by atoms with Crippen LogP contribution in [0.1, 0.15) is 15.9 Å². The number of anilines is 1. The van der Waals surface area contributed by atoms with Crippen LogP contribution in [-0.2, 0) is 16.6 Å².